The van der Waals surface area contributed by atoms with Gasteiger partial charge in [-0.2, -0.15) is 5.43 Å². The van der Waals surface area contributed by atoms with E-state index in [1.54, 1.807) is 26.2 Å². The Balaban J connectivity index is 1.89. The fourth-order valence-electron chi connectivity index (χ4n) is 5.09. The van der Waals surface area contributed by atoms with Gasteiger partial charge < -0.3 is 30.4 Å². The van der Waals surface area contributed by atoms with E-state index in [1.165, 1.54) is 0 Å². The Bertz CT molecular complexity index is 1660. The average molecular weight is 588 g/mol. The van der Waals surface area contributed by atoms with Crippen LogP contribution < -0.4 is 36.3 Å². The number of carbonyl (C=O) groups excluding carboxylic acids is 2. The van der Waals surface area contributed by atoms with E-state index in [1.807, 2.05) is 67.1 Å². The van der Waals surface area contributed by atoms with Crippen LogP contribution in [0.25, 0.3) is 33.4 Å². The molecule has 3 amide bonds. The number of fused-ring (bicyclic) bond motifs is 2. The van der Waals surface area contributed by atoms with E-state index in [9.17, 15) is 19.5 Å². The van der Waals surface area contributed by atoms with Gasteiger partial charge in [-0.05, 0) is 43.7 Å². The van der Waals surface area contributed by atoms with Gasteiger partial charge in [-0.3, -0.25) is 4.79 Å². The number of carbonyl (C=O) groups is 3. The standard InChI is InChI=1S/C32H38N6O5/c1-5-37(18-17-35-32(42)34-4)21-11-13-25-27(19-21)43-28-20-22(38(6-2)36-16-15-29(39)33-3)12-14-26(28)30(25)23-9-7-8-10-24(23)31(40)41/h7-14,19-20,36H,5-6,15-18H2,1-4H3,(H3-,33,34,35,39,40,41,42)/p+1. The summed E-state index contributed by atoms with van der Waals surface area (Å²) in [5.41, 5.74) is 7.16. The summed E-state index contributed by atoms with van der Waals surface area (Å²) in [6.45, 7) is 6.91. The molecule has 4 rings (SSSR count). The van der Waals surface area contributed by atoms with Gasteiger partial charge in [0, 0.05) is 74.5 Å². The third kappa shape index (κ3) is 7.06. The van der Waals surface area contributed by atoms with E-state index in [2.05, 4.69) is 26.3 Å². The molecule has 0 aromatic heterocycles. The Morgan fingerprint density at radius 1 is 0.930 bits per heavy atom. The second-order valence-corrected chi connectivity index (χ2v) is 9.85. The number of anilines is 1. The molecule has 1 heterocycles. The molecule has 1 aliphatic carbocycles. The normalized spacial score (nSPS) is 11.6. The molecule has 2 aromatic carbocycles. The molecule has 11 heteroatoms. The summed E-state index contributed by atoms with van der Waals surface area (Å²) in [7, 11) is 3.19. The summed E-state index contributed by atoms with van der Waals surface area (Å²) in [5, 5.41) is 19.7. The van der Waals surface area contributed by atoms with Gasteiger partial charge in [-0.1, -0.05) is 18.2 Å². The van der Waals surface area contributed by atoms with Crippen molar-refractivity contribution in [2.45, 2.75) is 20.3 Å². The van der Waals surface area contributed by atoms with Gasteiger partial charge in [-0.25, -0.2) is 9.59 Å². The number of carboxylic acid groups (broad SMARTS) is 1. The molecule has 43 heavy (non-hydrogen) atoms. The number of urea groups is 1. The first-order chi connectivity index (χ1) is 20.8. The van der Waals surface area contributed by atoms with Crippen molar-refractivity contribution < 1.29 is 23.9 Å². The lowest BCUT2D eigenvalue weighted by atomic mass is 9.90. The number of amides is 3. The van der Waals surface area contributed by atoms with Crippen LogP contribution >= 0.6 is 0 Å². The zero-order chi connectivity index (χ0) is 30.9. The number of hydrogen-bond donors (Lipinski definition) is 5. The molecule has 226 valence electrons. The highest BCUT2D eigenvalue weighted by atomic mass is 16.4. The average Bonchev–Trinajstić information content (AvgIpc) is 3.03. The van der Waals surface area contributed by atoms with E-state index < -0.39 is 5.97 Å². The van der Waals surface area contributed by atoms with Crippen molar-refractivity contribution in [3.8, 4) is 22.5 Å². The van der Waals surface area contributed by atoms with Crippen LogP contribution in [0.1, 0.15) is 30.6 Å². The molecule has 5 N–H and O–H groups in total. The van der Waals surface area contributed by atoms with Crippen LogP contribution in [0.2, 0.25) is 0 Å². The minimum atomic E-state index is -1.01. The van der Waals surface area contributed by atoms with Gasteiger partial charge >= 0.3 is 12.0 Å². The number of hydrazine groups is 1. The van der Waals surface area contributed by atoms with Crippen molar-refractivity contribution in [2.24, 2.45) is 0 Å². The van der Waals surface area contributed by atoms with Crippen LogP contribution in [0, 0.1) is 0 Å². The van der Waals surface area contributed by atoms with E-state index in [4.69, 9.17) is 4.42 Å². The summed E-state index contributed by atoms with van der Waals surface area (Å²) in [5.74, 6) is -0.469. The van der Waals surface area contributed by atoms with Gasteiger partial charge in [0.1, 0.15) is 11.3 Å². The predicted octanol–water partition coefficient (Wildman–Crippen LogP) is 3.09. The Hall–Kier alpha value is -5.06. The summed E-state index contributed by atoms with van der Waals surface area (Å²) >= 11 is 0. The Morgan fingerprint density at radius 2 is 1.72 bits per heavy atom. The van der Waals surface area contributed by atoms with Crippen LogP contribution in [0.15, 0.2) is 65.1 Å². The van der Waals surface area contributed by atoms with Crippen molar-refractivity contribution in [1.29, 1.82) is 0 Å². The lowest BCUT2D eigenvalue weighted by Crippen LogP contribution is -2.43. The molecule has 11 nitrogen and oxygen atoms in total. The summed E-state index contributed by atoms with van der Waals surface area (Å²) in [6.07, 6.45) is 0.334. The fourth-order valence-corrected chi connectivity index (χ4v) is 5.09. The lowest BCUT2D eigenvalue weighted by Gasteiger charge is -2.24. The van der Waals surface area contributed by atoms with E-state index in [-0.39, 0.29) is 17.5 Å². The summed E-state index contributed by atoms with van der Waals surface area (Å²) < 4.78 is 8.47. The van der Waals surface area contributed by atoms with Crippen LogP contribution in [-0.4, -0.2) is 69.8 Å². The van der Waals surface area contributed by atoms with Crippen LogP contribution in [0.3, 0.4) is 0 Å². The molecule has 0 unspecified atom stereocenters. The minimum Gasteiger partial charge on any atom is -0.478 e. The molecule has 0 spiro atoms. The number of aromatic carboxylic acids is 1. The summed E-state index contributed by atoms with van der Waals surface area (Å²) in [4.78, 5) is 37.7. The van der Waals surface area contributed by atoms with Gasteiger partial charge in [0.15, 0.2) is 6.54 Å². The first-order valence-electron chi connectivity index (χ1n) is 14.4. The minimum absolute atomic E-state index is 0.0494. The predicted molar refractivity (Wildman–Crippen MR) is 168 cm³/mol. The monoisotopic (exact) mass is 587 g/mol. The molecule has 0 saturated heterocycles. The second kappa shape index (κ2) is 14.2. The number of carboxylic acids is 1. The first kappa shape index (κ1) is 30.9. The number of benzene rings is 3. The Labute approximate surface area is 250 Å². The van der Waals surface area contributed by atoms with E-state index >= 15 is 0 Å². The third-order valence-corrected chi connectivity index (χ3v) is 7.32. The SMILES string of the molecule is CCN(CCNC(=O)NC)c1ccc2c(-c3ccccc3C(=O)O)c3cc/c(=[N+](/CC)NCCC(=O)NC)cc-3oc2c1. The molecule has 0 saturated carbocycles. The van der Waals surface area contributed by atoms with E-state index in [0.29, 0.717) is 56.1 Å². The maximum atomic E-state index is 12.3. The van der Waals surface area contributed by atoms with Crippen molar-refractivity contribution in [3.63, 3.8) is 0 Å². The molecule has 1 aliphatic heterocycles. The number of nitrogens with one attached hydrogen (secondary N) is 4. The van der Waals surface area contributed by atoms with Crippen LogP contribution in [-0.2, 0) is 4.79 Å². The molecular weight excluding hydrogens is 548 g/mol. The zero-order valence-corrected chi connectivity index (χ0v) is 25.0. The van der Waals surface area contributed by atoms with Crippen molar-refractivity contribution in [3.05, 3.63) is 71.6 Å². The number of rotatable bonds is 12. The maximum absolute atomic E-state index is 12.3. The highest BCUT2D eigenvalue weighted by molar-refractivity contribution is 6.07. The van der Waals surface area contributed by atoms with Gasteiger partial charge in [-0.15, -0.1) is 4.68 Å². The summed E-state index contributed by atoms with van der Waals surface area (Å²) in [6, 6.07) is 18.5. The van der Waals surface area contributed by atoms with Crippen molar-refractivity contribution in [1.82, 2.24) is 26.1 Å². The maximum Gasteiger partial charge on any atom is 0.336 e. The number of hydrogen-bond acceptors (Lipinski definition) is 6. The quantitative estimate of drug-likeness (QED) is 0.0976. The molecule has 2 aromatic rings. The smallest absolute Gasteiger partial charge is 0.336 e. The molecule has 0 atom stereocenters. The molecule has 0 fully saturated rings. The Kier molecular flexibility index (Phi) is 10.2. The number of nitrogens with zero attached hydrogens (tertiary/aromatic N) is 2. The zero-order valence-electron chi connectivity index (χ0n) is 25.0. The molecule has 0 bridgehead atoms. The number of likely N-dealkylation sites (N-methyl/N-ethyl adjacent to an activating group) is 1. The van der Waals surface area contributed by atoms with Crippen LogP contribution in [0.4, 0.5) is 10.5 Å². The molecular formula is C32H39N6O5+. The van der Waals surface area contributed by atoms with Gasteiger partial charge in [0.05, 0.1) is 18.2 Å². The topological polar surface area (TPSA) is 139 Å². The van der Waals surface area contributed by atoms with Crippen LogP contribution in [0.5, 0.6) is 0 Å². The van der Waals surface area contributed by atoms with Crippen molar-refractivity contribution in [2.75, 3.05) is 51.7 Å². The third-order valence-electron chi connectivity index (χ3n) is 7.32. The van der Waals surface area contributed by atoms with Crippen molar-refractivity contribution >= 4 is 34.6 Å². The van der Waals surface area contributed by atoms with Gasteiger partial charge in [0.25, 0.3) is 0 Å². The largest absolute Gasteiger partial charge is 0.478 e. The lowest BCUT2D eigenvalue weighted by molar-refractivity contribution is -0.120. The second-order valence-electron chi connectivity index (χ2n) is 9.85. The fraction of sp³-hybridized carbons (Fsp3) is 0.312. The molecule has 2 aliphatic rings. The van der Waals surface area contributed by atoms with Gasteiger partial charge in [0.2, 0.25) is 11.3 Å². The Morgan fingerprint density at radius 3 is 2.42 bits per heavy atom. The van der Waals surface area contributed by atoms with E-state index in [0.717, 1.165) is 27.6 Å². The first-order valence-corrected chi connectivity index (χ1v) is 14.4. The molecule has 0 radical (unpaired) electrons. The highest BCUT2D eigenvalue weighted by Crippen LogP contribution is 2.42. The highest BCUT2D eigenvalue weighted by Gasteiger charge is 2.23.